The van der Waals surface area contributed by atoms with Crippen LogP contribution in [-0.4, -0.2) is 32.5 Å². The molecule has 0 aliphatic carbocycles. The van der Waals surface area contributed by atoms with E-state index in [2.05, 4.69) is 10.4 Å². The molecule has 0 fully saturated rings. The molecule has 11 heteroatoms. The minimum absolute atomic E-state index is 0.210. The Bertz CT molecular complexity index is 759. The van der Waals surface area contributed by atoms with E-state index in [0.29, 0.717) is 22.3 Å². The third-order valence-electron chi connectivity index (χ3n) is 2.84. The Kier molecular flexibility index (Phi) is 5.12. The van der Waals surface area contributed by atoms with Gasteiger partial charge in [0, 0.05) is 10.6 Å². The highest BCUT2D eigenvalue weighted by Crippen LogP contribution is 2.28. The molecule has 0 saturated heterocycles. The first-order valence-electron chi connectivity index (χ1n) is 6.45. The van der Waals surface area contributed by atoms with Crippen molar-refractivity contribution in [1.82, 2.24) is 9.78 Å². The van der Waals surface area contributed by atoms with Gasteiger partial charge in [0.2, 0.25) is 0 Å². The third-order valence-corrected chi connectivity index (χ3v) is 3.92. The van der Waals surface area contributed by atoms with Crippen molar-refractivity contribution in [3.8, 4) is 0 Å². The first-order chi connectivity index (χ1) is 11.2. The second kappa shape index (κ2) is 6.91. The van der Waals surface area contributed by atoms with Crippen molar-refractivity contribution >= 4 is 29.2 Å². The molecule has 2 aromatic rings. The second-order valence-electron chi connectivity index (χ2n) is 4.64. The number of carbonyl (C=O) groups is 1. The number of rotatable bonds is 5. The molecule has 1 N–H and O–H groups in total. The van der Waals surface area contributed by atoms with Gasteiger partial charge in [0.15, 0.2) is 5.56 Å². The standard InChI is InChI=1S/C13H11F3N4O3S/c1-19-12(20(22)23)10(6-17-19)11(21)18-8-2-4-9(5-3-8)24-7-13(14,15)16/h2-6H,7H2,1H3,(H,18,21). The minimum atomic E-state index is -4.27. The molecule has 0 saturated carbocycles. The summed E-state index contributed by atoms with van der Waals surface area (Å²) in [6.07, 6.45) is -3.20. The summed E-state index contributed by atoms with van der Waals surface area (Å²) in [5.41, 5.74) is 0.0903. The van der Waals surface area contributed by atoms with Crippen molar-refractivity contribution in [3.63, 3.8) is 0 Å². The molecule has 24 heavy (non-hydrogen) atoms. The third kappa shape index (κ3) is 4.47. The summed E-state index contributed by atoms with van der Waals surface area (Å²) in [5.74, 6) is -2.20. The lowest BCUT2D eigenvalue weighted by Gasteiger charge is -2.07. The van der Waals surface area contributed by atoms with Crippen LogP contribution in [0.5, 0.6) is 0 Å². The molecule has 1 amide bonds. The number of nitrogens with zero attached hydrogens (tertiary/aromatic N) is 3. The van der Waals surface area contributed by atoms with Crippen molar-refractivity contribution in [1.29, 1.82) is 0 Å². The number of thioether (sulfide) groups is 1. The number of nitrogens with one attached hydrogen (secondary N) is 1. The van der Waals surface area contributed by atoms with Crippen LogP contribution in [0.2, 0.25) is 0 Å². The highest BCUT2D eigenvalue weighted by Gasteiger charge is 2.27. The summed E-state index contributed by atoms with van der Waals surface area (Å²) in [7, 11) is 1.33. The van der Waals surface area contributed by atoms with Gasteiger partial charge in [0.05, 0.1) is 11.9 Å². The Morgan fingerprint density at radius 2 is 2.00 bits per heavy atom. The van der Waals surface area contributed by atoms with E-state index in [1.807, 2.05) is 0 Å². The lowest BCUT2D eigenvalue weighted by atomic mass is 10.2. The lowest BCUT2D eigenvalue weighted by molar-refractivity contribution is -0.392. The SMILES string of the molecule is Cn1ncc(C(=O)Nc2ccc(SCC(F)(F)F)cc2)c1[N+](=O)[O-]. The fraction of sp³-hybridized carbons (Fsp3) is 0.231. The molecule has 2 rings (SSSR count). The number of aromatic nitrogens is 2. The normalized spacial score (nSPS) is 11.3. The van der Waals surface area contributed by atoms with Gasteiger partial charge in [-0.1, -0.05) is 5.10 Å². The van der Waals surface area contributed by atoms with E-state index >= 15 is 0 Å². The molecule has 128 valence electrons. The van der Waals surface area contributed by atoms with Crippen LogP contribution >= 0.6 is 11.8 Å². The van der Waals surface area contributed by atoms with Crippen molar-refractivity contribution in [2.75, 3.05) is 11.1 Å². The van der Waals surface area contributed by atoms with E-state index in [1.54, 1.807) is 0 Å². The van der Waals surface area contributed by atoms with Gasteiger partial charge in [-0.2, -0.15) is 13.2 Å². The highest BCUT2D eigenvalue weighted by atomic mass is 32.2. The van der Waals surface area contributed by atoms with Crippen molar-refractivity contribution in [2.45, 2.75) is 11.1 Å². The van der Waals surface area contributed by atoms with Gasteiger partial charge >= 0.3 is 12.0 Å². The Morgan fingerprint density at radius 3 is 2.54 bits per heavy atom. The Balaban J connectivity index is 2.06. The smallest absolute Gasteiger partial charge is 0.358 e. The maximum absolute atomic E-state index is 12.1. The zero-order valence-electron chi connectivity index (χ0n) is 12.2. The number of alkyl halides is 3. The van der Waals surface area contributed by atoms with Gasteiger partial charge in [-0.25, -0.2) is 0 Å². The van der Waals surface area contributed by atoms with E-state index in [0.717, 1.165) is 10.9 Å². The van der Waals surface area contributed by atoms with E-state index in [9.17, 15) is 28.1 Å². The van der Waals surface area contributed by atoms with Crippen molar-refractivity contribution in [3.05, 3.63) is 46.1 Å². The van der Waals surface area contributed by atoms with Crippen LogP contribution in [0.3, 0.4) is 0 Å². The molecule has 0 spiro atoms. The molecule has 1 aromatic heterocycles. The summed E-state index contributed by atoms with van der Waals surface area (Å²) in [6, 6.07) is 5.67. The molecule has 0 radical (unpaired) electrons. The number of hydrogen-bond donors (Lipinski definition) is 1. The number of benzene rings is 1. The Morgan fingerprint density at radius 1 is 1.38 bits per heavy atom. The lowest BCUT2D eigenvalue weighted by Crippen LogP contribution is -2.13. The number of nitro groups is 1. The minimum Gasteiger partial charge on any atom is -0.358 e. The summed E-state index contributed by atoms with van der Waals surface area (Å²) < 4.78 is 37.4. The number of amides is 1. The number of halogens is 3. The van der Waals surface area contributed by atoms with Crippen LogP contribution in [0.25, 0.3) is 0 Å². The molecule has 0 atom stereocenters. The number of carbonyl (C=O) groups excluding carboxylic acids is 1. The van der Waals surface area contributed by atoms with Gasteiger partial charge in [-0.15, -0.1) is 16.4 Å². The monoisotopic (exact) mass is 360 g/mol. The zero-order chi connectivity index (χ0) is 17.9. The number of aryl methyl sites for hydroxylation is 1. The fourth-order valence-corrected chi connectivity index (χ4v) is 2.46. The molecule has 0 bridgehead atoms. The highest BCUT2D eigenvalue weighted by molar-refractivity contribution is 7.99. The van der Waals surface area contributed by atoms with Crippen LogP contribution in [0.1, 0.15) is 10.4 Å². The maximum Gasteiger partial charge on any atom is 0.398 e. The summed E-state index contributed by atoms with van der Waals surface area (Å²) >= 11 is 0.621. The van der Waals surface area contributed by atoms with Crippen LogP contribution in [0.15, 0.2) is 35.4 Å². The topological polar surface area (TPSA) is 90.1 Å². The molecule has 0 aliphatic heterocycles. The number of hydrogen-bond acceptors (Lipinski definition) is 5. The molecular formula is C13H11F3N4O3S. The average molecular weight is 360 g/mol. The van der Waals surface area contributed by atoms with Gasteiger partial charge < -0.3 is 15.4 Å². The maximum atomic E-state index is 12.1. The quantitative estimate of drug-likeness (QED) is 0.502. The first-order valence-corrected chi connectivity index (χ1v) is 7.43. The van der Waals surface area contributed by atoms with Gasteiger partial charge in [0.25, 0.3) is 5.91 Å². The molecular weight excluding hydrogens is 349 g/mol. The van der Waals surface area contributed by atoms with Gasteiger partial charge in [-0.3, -0.25) is 4.79 Å². The molecule has 1 heterocycles. The molecule has 1 aromatic carbocycles. The van der Waals surface area contributed by atoms with Crippen LogP contribution < -0.4 is 5.32 Å². The first kappa shape index (κ1) is 17.8. The van der Waals surface area contributed by atoms with E-state index in [4.69, 9.17) is 0 Å². The molecule has 7 nitrogen and oxygen atoms in total. The van der Waals surface area contributed by atoms with Crippen molar-refractivity contribution in [2.24, 2.45) is 7.05 Å². The fourth-order valence-electron chi connectivity index (χ4n) is 1.81. The Labute approximate surface area is 138 Å². The summed E-state index contributed by atoms with van der Waals surface area (Å²) in [6.45, 7) is 0. The summed E-state index contributed by atoms with van der Waals surface area (Å²) in [4.78, 5) is 22.7. The second-order valence-corrected chi connectivity index (χ2v) is 5.69. The van der Waals surface area contributed by atoms with Crippen LogP contribution in [0.4, 0.5) is 24.7 Å². The number of anilines is 1. The zero-order valence-corrected chi connectivity index (χ0v) is 13.0. The predicted octanol–water partition coefficient (Wildman–Crippen LogP) is 3.24. The summed E-state index contributed by atoms with van der Waals surface area (Å²) in [5, 5.41) is 17.0. The van der Waals surface area contributed by atoms with Gasteiger partial charge in [0.1, 0.15) is 7.05 Å². The molecule has 0 unspecified atom stereocenters. The predicted molar refractivity (Wildman–Crippen MR) is 81.0 cm³/mol. The average Bonchev–Trinajstić information content (AvgIpc) is 2.88. The Hall–Kier alpha value is -2.56. The van der Waals surface area contributed by atoms with E-state index < -0.39 is 28.6 Å². The van der Waals surface area contributed by atoms with Crippen molar-refractivity contribution < 1.29 is 22.9 Å². The van der Waals surface area contributed by atoms with Crippen LogP contribution in [-0.2, 0) is 7.05 Å². The molecule has 0 aliphatic rings. The van der Waals surface area contributed by atoms with Gasteiger partial charge in [-0.05, 0) is 29.2 Å². The van der Waals surface area contributed by atoms with Crippen LogP contribution in [0, 0.1) is 10.1 Å². The largest absolute Gasteiger partial charge is 0.398 e. The van der Waals surface area contributed by atoms with E-state index in [-0.39, 0.29) is 5.56 Å². The van der Waals surface area contributed by atoms with E-state index in [1.165, 1.54) is 31.3 Å².